The van der Waals surface area contributed by atoms with Crippen molar-refractivity contribution in [3.8, 4) is 0 Å². The Morgan fingerprint density at radius 2 is 1.82 bits per heavy atom. The molecule has 5 aromatic rings. The summed E-state index contributed by atoms with van der Waals surface area (Å²) in [6.07, 6.45) is 3.82. The Morgan fingerprint density at radius 1 is 1.00 bits per heavy atom. The molecule has 0 spiro atoms. The van der Waals surface area contributed by atoms with Crippen LogP contribution in [-0.4, -0.2) is 22.1 Å². The van der Waals surface area contributed by atoms with Gasteiger partial charge >= 0.3 is 7.12 Å². The molecule has 0 bridgehead atoms. The van der Waals surface area contributed by atoms with Crippen LogP contribution in [0.1, 0.15) is 13.8 Å². The zero-order valence-electron chi connectivity index (χ0n) is 18.8. The molecule has 6 rings (SSSR count). The molecule has 3 aromatic carbocycles. The lowest BCUT2D eigenvalue weighted by Crippen LogP contribution is -2.34. The largest absolute Gasteiger partial charge is 0.563 e. The summed E-state index contributed by atoms with van der Waals surface area (Å²) >= 11 is 0. The zero-order chi connectivity index (χ0) is 22.9. The van der Waals surface area contributed by atoms with Crippen LogP contribution in [0, 0.1) is 0 Å². The first kappa shape index (κ1) is 19.8. The van der Waals surface area contributed by atoms with E-state index in [2.05, 4.69) is 60.5 Å². The minimum Gasteiger partial charge on any atom is -0.534 e. The number of benzene rings is 3. The second kappa shape index (κ2) is 6.83. The monoisotopic (exact) mass is 430 g/mol. The number of hydrogen-bond donors (Lipinski definition) is 0. The zero-order valence-corrected chi connectivity index (χ0v) is 18.8. The molecule has 0 amide bonds. The maximum absolute atomic E-state index is 6.18. The number of aromatic nitrogens is 2. The molecule has 2 aromatic heterocycles. The molecule has 0 saturated carbocycles. The van der Waals surface area contributed by atoms with Gasteiger partial charge < -0.3 is 9.31 Å². The Balaban J connectivity index is 1.81. The Hall–Kier alpha value is -3.83. The van der Waals surface area contributed by atoms with Gasteiger partial charge in [-0.3, -0.25) is 4.40 Å². The number of nitrogens with zero attached hydrogens (tertiary/aromatic N) is 2. The van der Waals surface area contributed by atoms with Crippen LogP contribution in [0.5, 0.6) is 0 Å². The highest BCUT2D eigenvalue weighted by Crippen LogP contribution is 2.32. The molecule has 5 heteroatoms. The van der Waals surface area contributed by atoms with Crippen molar-refractivity contribution in [3.05, 3.63) is 90.0 Å². The Bertz CT molecular complexity index is 1760. The Labute approximate surface area is 191 Å². The molecule has 0 radical (unpaired) electrons. The molecule has 1 fully saturated rings. The first-order valence-electron chi connectivity index (χ1n) is 11.0. The first-order valence-corrected chi connectivity index (χ1v) is 11.0. The number of rotatable bonds is 2. The summed E-state index contributed by atoms with van der Waals surface area (Å²) in [4.78, 5) is 5.00. The predicted molar refractivity (Wildman–Crippen MR) is 138 cm³/mol. The average Bonchev–Trinajstić information content (AvgIpc) is 3.32. The molecule has 1 aliphatic heterocycles. The Kier molecular flexibility index (Phi) is 4.11. The molecular formula is C28H23BN2O2. The highest BCUT2D eigenvalue weighted by molar-refractivity contribution is 6.62. The van der Waals surface area contributed by atoms with Crippen LogP contribution >= 0.6 is 0 Å². The fourth-order valence-electron chi connectivity index (χ4n) is 4.76. The van der Waals surface area contributed by atoms with Crippen molar-refractivity contribution in [2.45, 2.75) is 19.4 Å². The number of imidazole rings is 1. The molecule has 3 heterocycles. The van der Waals surface area contributed by atoms with Crippen LogP contribution in [0.3, 0.4) is 0 Å². The van der Waals surface area contributed by atoms with Gasteiger partial charge in [-0.15, -0.1) is 0 Å². The molecule has 0 atom stereocenters. The van der Waals surface area contributed by atoms with E-state index in [-0.39, 0.29) is 0 Å². The van der Waals surface area contributed by atoms with E-state index in [0.29, 0.717) is 5.76 Å². The normalized spacial score (nSPS) is 16.4. The maximum atomic E-state index is 6.18. The van der Waals surface area contributed by atoms with E-state index in [4.69, 9.17) is 14.3 Å². The summed E-state index contributed by atoms with van der Waals surface area (Å²) in [5, 5.41) is 5.22. The summed E-state index contributed by atoms with van der Waals surface area (Å²) in [7, 11) is -0.503. The topological polar surface area (TPSA) is 35.8 Å². The van der Waals surface area contributed by atoms with E-state index in [9.17, 15) is 0 Å². The number of pyridine rings is 1. The van der Waals surface area contributed by atoms with Crippen molar-refractivity contribution >= 4 is 63.6 Å². The maximum Gasteiger partial charge on any atom is 0.563 e. The van der Waals surface area contributed by atoms with Crippen molar-refractivity contribution in [2.24, 2.45) is 0 Å². The minimum absolute atomic E-state index is 0.503. The molecule has 160 valence electrons. The number of fused-ring (bicyclic) bond motifs is 8. The van der Waals surface area contributed by atoms with Gasteiger partial charge in [-0.25, -0.2) is 4.98 Å². The van der Waals surface area contributed by atoms with Gasteiger partial charge in [-0.1, -0.05) is 62.2 Å². The molecule has 0 aliphatic carbocycles. The van der Waals surface area contributed by atoms with Gasteiger partial charge in [-0.2, -0.15) is 0 Å². The van der Waals surface area contributed by atoms with Gasteiger partial charge in [0, 0.05) is 16.2 Å². The molecule has 4 nitrogen and oxygen atoms in total. The lowest BCUT2D eigenvalue weighted by atomic mass is 9.78. The van der Waals surface area contributed by atoms with E-state index >= 15 is 0 Å². The van der Waals surface area contributed by atoms with Crippen LogP contribution in [0.15, 0.2) is 79.6 Å². The molecule has 0 N–H and O–H groups in total. The smallest absolute Gasteiger partial charge is 0.534 e. The highest BCUT2D eigenvalue weighted by Gasteiger charge is 2.42. The summed E-state index contributed by atoms with van der Waals surface area (Å²) in [5.41, 5.74) is 4.43. The first-order chi connectivity index (χ1) is 15.9. The summed E-state index contributed by atoms with van der Waals surface area (Å²) in [5.74, 6) is 0.634. The van der Waals surface area contributed by atoms with Crippen LogP contribution in [0.4, 0.5) is 0 Å². The lowest BCUT2D eigenvalue weighted by Gasteiger charge is -2.16. The van der Waals surface area contributed by atoms with Crippen LogP contribution in [0.2, 0.25) is 0 Å². The molecule has 0 unspecified atom stereocenters. The van der Waals surface area contributed by atoms with Crippen LogP contribution in [-0.2, 0) is 9.31 Å². The van der Waals surface area contributed by atoms with E-state index in [1.165, 1.54) is 0 Å². The van der Waals surface area contributed by atoms with Gasteiger partial charge in [0.2, 0.25) is 0 Å². The van der Waals surface area contributed by atoms with Crippen molar-refractivity contribution in [1.82, 2.24) is 9.38 Å². The van der Waals surface area contributed by atoms with E-state index < -0.39 is 12.7 Å². The van der Waals surface area contributed by atoms with Gasteiger partial charge in [-0.05, 0) is 54.0 Å². The van der Waals surface area contributed by atoms with Crippen LogP contribution < -0.4 is 15.9 Å². The van der Waals surface area contributed by atoms with Crippen molar-refractivity contribution in [3.63, 3.8) is 0 Å². The lowest BCUT2D eigenvalue weighted by molar-refractivity contribution is 0.173. The molecule has 1 saturated heterocycles. The fraction of sp³-hybridized carbons (Fsp3) is 0.107. The molecular weight excluding hydrogens is 407 g/mol. The predicted octanol–water partition coefficient (Wildman–Crippen LogP) is 4.21. The second-order valence-corrected chi connectivity index (χ2v) is 9.00. The summed E-state index contributed by atoms with van der Waals surface area (Å²) in [6, 6.07) is 18.7. The van der Waals surface area contributed by atoms with Crippen molar-refractivity contribution < 1.29 is 9.31 Å². The Morgan fingerprint density at radius 3 is 2.58 bits per heavy atom. The SMILES string of the molecule is C=C/C=c1\c(=C)ccc2c1c1cc(B3OC(=C)C(C)(C)O3)ccc1n1c3ccccc3nc21. The van der Waals surface area contributed by atoms with Gasteiger partial charge in [0.25, 0.3) is 0 Å². The highest BCUT2D eigenvalue weighted by atomic mass is 16.7. The van der Waals surface area contributed by atoms with E-state index in [1.54, 1.807) is 6.08 Å². The fourth-order valence-corrected chi connectivity index (χ4v) is 4.76. The third-order valence-electron chi connectivity index (χ3n) is 6.55. The number of allylic oxidation sites excluding steroid dienone is 1. The third-order valence-corrected chi connectivity index (χ3v) is 6.55. The van der Waals surface area contributed by atoms with Crippen molar-refractivity contribution in [1.29, 1.82) is 0 Å². The van der Waals surface area contributed by atoms with Gasteiger partial charge in [0.05, 0.1) is 22.3 Å². The summed E-state index contributed by atoms with van der Waals surface area (Å²) < 4.78 is 14.4. The van der Waals surface area contributed by atoms with Crippen LogP contribution in [0.25, 0.3) is 51.0 Å². The average molecular weight is 430 g/mol. The second-order valence-electron chi connectivity index (χ2n) is 9.00. The minimum atomic E-state index is -0.533. The van der Waals surface area contributed by atoms with E-state index in [1.807, 2.05) is 38.1 Å². The van der Waals surface area contributed by atoms with Gasteiger partial charge in [0.15, 0.2) is 0 Å². The standard InChI is InChI=1S/C28H23BN2O2/c1-6-9-20-17(2)12-14-21-26(20)22-16-19(29-32-18(3)28(4,5)33-29)13-15-24(22)31-25-11-8-7-10-23(25)30-27(21)31/h6-16H,1-3H2,4-5H3/b20-9+. The van der Waals surface area contributed by atoms with Gasteiger partial charge in [0.1, 0.15) is 11.2 Å². The summed E-state index contributed by atoms with van der Waals surface area (Å²) in [6.45, 7) is 16.2. The third kappa shape index (κ3) is 2.79. The molecule has 1 aliphatic rings. The quantitative estimate of drug-likeness (QED) is 0.311. The molecule has 33 heavy (non-hydrogen) atoms. The number of hydrogen-bond acceptors (Lipinski definition) is 3. The van der Waals surface area contributed by atoms with Crippen molar-refractivity contribution in [2.75, 3.05) is 0 Å². The van der Waals surface area contributed by atoms with E-state index in [0.717, 1.165) is 54.3 Å². The number of para-hydroxylation sites is 2.